The van der Waals surface area contributed by atoms with Gasteiger partial charge in [0.25, 0.3) is 0 Å². The molecule has 1 fully saturated rings. The molecule has 4 heteroatoms. The maximum Gasteiger partial charge on any atom is 0.233 e. The fourth-order valence-corrected chi connectivity index (χ4v) is 0.955. The first kappa shape index (κ1) is 7.05. The van der Waals surface area contributed by atoms with Gasteiger partial charge in [0.1, 0.15) is 5.92 Å². The van der Waals surface area contributed by atoms with Crippen LogP contribution in [-0.2, 0) is 9.59 Å². The van der Waals surface area contributed by atoms with Gasteiger partial charge in [0.2, 0.25) is 11.8 Å². The van der Waals surface area contributed by atoms with Gasteiger partial charge in [-0.1, -0.05) is 6.92 Å². The molecule has 0 aliphatic carbocycles. The Balaban J connectivity index is 2.62. The lowest BCUT2D eigenvalue weighted by Gasteiger charge is -2.20. The molecule has 0 radical (unpaired) electrons. The van der Waals surface area contributed by atoms with Gasteiger partial charge < -0.3 is 10.6 Å². The van der Waals surface area contributed by atoms with Gasteiger partial charge in [-0.3, -0.25) is 9.59 Å². The van der Waals surface area contributed by atoms with Crippen molar-refractivity contribution in [3.8, 4) is 0 Å². The zero-order valence-corrected chi connectivity index (χ0v) is 5.81. The number of amides is 2. The van der Waals surface area contributed by atoms with Crippen LogP contribution in [0.15, 0.2) is 0 Å². The molecule has 1 saturated heterocycles. The molecule has 1 aliphatic rings. The van der Waals surface area contributed by atoms with E-state index in [2.05, 4.69) is 10.6 Å². The zero-order chi connectivity index (χ0) is 7.56. The Labute approximate surface area is 59.0 Å². The minimum atomic E-state index is -0.478. The predicted molar refractivity (Wildman–Crippen MR) is 34.9 cm³/mol. The van der Waals surface area contributed by atoms with Crippen LogP contribution in [0, 0.1) is 5.92 Å². The fourth-order valence-electron chi connectivity index (χ4n) is 0.955. The molecule has 56 valence electrons. The zero-order valence-electron chi connectivity index (χ0n) is 5.81. The van der Waals surface area contributed by atoms with E-state index in [0.717, 1.165) is 0 Å². The molecule has 2 amide bonds. The van der Waals surface area contributed by atoms with Crippen LogP contribution in [0.25, 0.3) is 0 Å². The lowest BCUT2D eigenvalue weighted by molar-refractivity contribution is -0.138. The third-order valence-electron chi connectivity index (χ3n) is 1.57. The highest BCUT2D eigenvalue weighted by Gasteiger charge is 2.27. The van der Waals surface area contributed by atoms with Crippen LogP contribution in [-0.4, -0.2) is 18.5 Å². The molecule has 2 N–H and O–H groups in total. The van der Waals surface area contributed by atoms with E-state index in [1.165, 1.54) is 0 Å². The van der Waals surface area contributed by atoms with E-state index in [9.17, 15) is 9.59 Å². The molecule has 0 aromatic heterocycles. The minimum Gasteiger partial charge on any atom is -0.338 e. The van der Waals surface area contributed by atoms with Crippen molar-refractivity contribution < 1.29 is 9.59 Å². The highest BCUT2D eigenvalue weighted by atomic mass is 16.2. The third kappa shape index (κ3) is 1.10. The Hall–Kier alpha value is -1.06. The summed E-state index contributed by atoms with van der Waals surface area (Å²) >= 11 is 0. The second-order valence-electron chi connectivity index (χ2n) is 2.22. The second-order valence-corrected chi connectivity index (χ2v) is 2.22. The second kappa shape index (κ2) is 2.68. The average Bonchev–Trinajstić information content (AvgIpc) is 1.88. The first-order valence-corrected chi connectivity index (χ1v) is 3.31. The van der Waals surface area contributed by atoms with Crippen molar-refractivity contribution in [3.05, 3.63) is 0 Å². The van der Waals surface area contributed by atoms with E-state index < -0.39 is 5.92 Å². The molecule has 0 aromatic rings. The van der Waals surface area contributed by atoms with Gasteiger partial charge in [-0.2, -0.15) is 0 Å². The first-order chi connectivity index (χ1) is 4.75. The van der Waals surface area contributed by atoms with E-state index in [1.54, 1.807) is 0 Å². The maximum atomic E-state index is 10.9. The summed E-state index contributed by atoms with van der Waals surface area (Å²) in [4.78, 5) is 21.7. The van der Waals surface area contributed by atoms with Gasteiger partial charge in [-0.05, 0) is 6.42 Å². The number of hydrogen-bond acceptors (Lipinski definition) is 2. The molecular weight excluding hydrogens is 132 g/mol. The van der Waals surface area contributed by atoms with Gasteiger partial charge in [0, 0.05) is 0 Å². The van der Waals surface area contributed by atoms with Gasteiger partial charge in [0.15, 0.2) is 0 Å². The molecule has 1 heterocycles. The molecule has 0 saturated carbocycles. The van der Waals surface area contributed by atoms with Crippen LogP contribution in [0.2, 0.25) is 0 Å². The third-order valence-corrected chi connectivity index (χ3v) is 1.57. The van der Waals surface area contributed by atoms with Crippen LogP contribution in [0.4, 0.5) is 0 Å². The summed E-state index contributed by atoms with van der Waals surface area (Å²) in [5, 5.41) is 5.09. The Morgan fingerprint density at radius 2 is 1.90 bits per heavy atom. The van der Waals surface area contributed by atoms with Crippen molar-refractivity contribution >= 4 is 11.8 Å². The van der Waals surface area contributed by atoms with Crippen molar-refractivity contribution in [2.75, 3.05) is 6.67 Å². The molecular formula is C6H10N2O2. The van der Waals surface area contributed by atoms with Crippen molar-refractivity contribution in [1.29, 1.82) is 0 Å². The summed E-state index contributed by atoms with van der Waals surface area (Å²) in [6.07, 6.45) is 0.567. The first-order valence-electron chi connectivity index (χ1n) is 3.31. The molecule has 4 nitrogen and oxygen atoms in total. The SMILES string of the molecule is CCC1C(=O)NCNC1=O. The summed E-state index contributed by atoms with van der Waals surface area (Å²) in [6, 6.07) is 0. The van der Waals surface area contributed by atoms with Gasteiger partial charge in [-0.25, -0.2) is 0 Å². The molecule has 0 aromatic carbocycles. The van der Waals surface area contributed by atoms with Gasteiger partial charge >= 0.3 is 0 Å². The lowest BCUT2D eigenvalue weighted by atomic mass is 10.0. The molecule has 1 rings (SSSR count). The summed E-state index contributed by atoms with van der Waals surface area (Å²) < 4.78 is 0. The van der Waals surface area contributed by atoms with Crippen LogP contribution in [0.5, 0.6) is 0 Å². The van der Waals surface area contributed by atoms with E-state index in [1.807, 2.05) is 6.92 Å². The lowest BCUT2D eigenvalue weighted by Crippen LogP contribution is -2.51. The molecule has 0 unspecified atom stereocenters. The largest absolute Gasteiger partial charge is 0.338 e. The molecule has 0 bridgehead atoms. The highest BCUT2D eigenvalue weighted by Crippen LogP contribution is 2.04. The van der Waals surface area contributed by atoms with E-state index in [4.69, 9.17) is 0 Å². The number of rotatable bonds is 1. The van der Waals surface area contributed by atoms with E-state index in [-0.39, 0.29) is 18.5 Å². The summed E-state index contributed by atoms with van der Waals surface area (Å²) in [6.45, 7) is 2.09. The number of hydrogen-bond donors (Lipinski definition) is 2. The number of carbonyl (C=O) groups excluding carboxylic acids is 2. The summed E-state index contributed by atoms with van der Waals surface area (Å²) in [5.41, 5.74) is 0. The standard InChI is InChI=1S/C6H10N2O2/c1-2-4-5(9)7-3-8-6(4)10/h4H,2-3H2,1H3,(H,7,9)(H,8,10). The number of carbonyl (C=O) groups is 2. The van der Waals surface area contributed by atoms with Crippen molar-refractivity contribution in [2.45, 2.75) is 13.3 Å². The van der Waals surface area contributed by atoms with Crippen molar-refractivity contribution in [1.82, 2.24) is 10.6 Å². The topological polar surface area (TPSA) is 58.2 Å². The monoisotopic (exact) mass is 142 g/mol. The quantitative estimate of drug-likeness (QED) is 0.472. The molecule has 0 spiro atoms. The maximum absolute atomic E-state index is 10.9. The Morgan fingerprint density at radius 1 is 1.40 bits per heavy atom. The minimum absolute atomic E-state index is 0.161. The van der Waals surface area contributed by atoms with Crippen molar-refractivity contribution in [3.63, 3.8) is 0 Å². The van der Waals surface area contributed by atoms with Crippen LogP contribution in [0.1, 0.15) is 13.3 Å². The van der Waals surface area contributed by atoms with E-state index in [0.29, 0.717) is 6.42 Å². The van der Waals surface area contributed by atoms with Crippen molar-refractivity contribution in [2.24, 2.45) is 5.92 Å². The summed E-state index contributed by atoms with van der Waals surface area (Å²) in [7, 11) is 0. The molecule has 10 heavy (non-hydrogen) atoms. The smallest absolute Gasteiger partial charge is 0.233 e. The average molecular weight is 142 g/mol. The van der Waals surface area contributed by atoms with Gasteiger partial charge in [-0.15, -0.1) is 0 Å². The summed E-state index contributed by atoms with van der Waals surface area (Å²) in [5.74, 6) is -0.800. The highest BCUT2D eigenvalue weighted by molar-refractivity contribution is 6.02. The Morgan fingerprint density at radius 3 is 2.20 bits per heavy atom. The Bertz CT molecular complexity index is 151. The fraction of sp³-hybridized carbons (Fsp3) is 0.667. The molecule has 0 atom stereocenters. The van der Waals surface area contributed by atoms with Crippen LogP contribution in [0.3, 0.4) is 0 Å². The normalized spacial score (nSPS) is 20.1. The van der Waals surface area contributed by atoms with E-state index >= 15 is 0 Å². The Kier molecular flexibility index (Phi) is 1.89. The predicted octanol–water partition coefficient (Wildman–Crippen LogP) is -0.784. The van der Waals surface area contributed by atoms with Crippen LogP contribution >= 0.6 is 0 Å². The molecule has 1 aliphatic heterocycles. The van der Waals surface area contributed by atoms with Crippen LogP contribution < -0.4 is 10.6 Å². The number of nitrogens with one attached hydrogen (secondary N) is 2. The van der Waals surface area contributed by atoms with Gasteiger partial charge in [0.05, 0.1) is 6.67 Å².